The molecular formula is C10H20N2O3. The first-order valence-corrected chi connectivity index (χ1v) is 5.26. The maximum atomic E-state index is 11.4. The Balaban J connectivity index is 4.02. The van der Waals surface area contributed by atoms with Gasteiger partial charge in [0.15, 0.2) is 0 Å². The fourth-order valence-corrected chi connectivity index (χ4v) is 1.14. The molecule has 88 valence electrons. The third-order valence-electron chi connectivity index (χ3n) is 1.94. The first-order chi connectivity index (χ1) is 7.15. The van der Waals surface area contributed by atoms with Gasteiger partial charge in [-0.2, -0.15) is 0 Å². The summed E-state index contributed by atoms with van der Waals surface area (Å²) in [5.41, 5.74) is 0. The molecule has 0 rings (SSSR count). The topological polar surface area (TPSA) is 67.4 Å². The average Bonchev–Trinajstić information content (AvgIpc) is 2.23. The van der Waals surface area contributed by atoms with Crippen LogP contribution in [0.5, 0.6) is 0 Å². The summed E-state index contributed by atoms with van der Waals surface area (Å²) in [7, 11) is 1.56. The van der Waals surface area contributed by atoms with Crippen LogP contribution >= 0.6 is 0 Å². The maximum Gasteiger partial charge on any atom is 0.323 e. The van der Waals surface area contributed by atoms with Crippen molar-refractivity contribution in [3.8, 4) is 0 Å². The van der Waals surface area contributed by atoms with Crippen LogP contribution in [-0.4, -0.2) is 38.1 Å². The van der Waals surface area contributed by atoms with Gasteiger partial charge in [-0.15, -0.1) is 0 Å². The van der Waals surface area contributed by atoms with Gasteiger partial charge in [-0.05, 0) is 13.3 Å². The largest absolute Gasteiger partial charge is 0.465 e. The highest BCUT2D eigenvalue weighted by Gasteiger charge is 2.18. The Kier molecular flexibility index (Phi) is 7.62. The number of nitrogens with one attached hydrogen (secondary N) is 2. The summed E-state index contributed by atoms with van der Waals surface area (Å²) in [6.45, 7) is 4.24. The molecule has 0 aliphatic rings. The normalized spacial score (nSPS) is 11.9. The van der Waals surface area contributed by atoms with E-state index < -0.39 is 0 Å². The second-order valence-electron chi connectivity index (χ2n) is 3.15. The first kappa shape index (κ1) is 13.9. The van der Waals surface area contributed by atoms with E-state index in [9.17, 15) is 9.59 Å². The van der Waals surface area contributed by atoms with Gasteiger partial charge in [-0.25, -0.2) is 0 Å². The Hall–Kier alpha value is -1.10. The van der Waals surface area contributed by atoms with Gasteiger partial charge >= 0.3 is 5.97 Å². The molecule has 1 unspecified atom stereocenters. The highest BCUT2D eigenvalue weighted by Crippen LogP contribution is 1.99. The summed E-state index contributed by atoms with van der Waals surface area (Å²) in [5, 5.41) is 5.35. The van der Waals surface area contributed by atoms with Crippen LogP contribution in [0.15, 0.2) is 0 Å². The van der Waals surface area contributed by atoms with Crippen LogP contribution < -0.4 is 10.6 Å². The van der Waals surface area contributed by atoms with Gasteiger partial charge in [0, 0.05) is 7.05 Å². The number of hydrogen-bond donors (Lipinski definition) is 2. The van der Waals surface area contributed by atoms with Crippen molar-refractivity contribution in [3.05, 3.63) is 0 Å². The Morgan fingerprint density at radius 2 is 2.00 bits per heavy atom. The summed E-state index contributed by atoms with van der Waals surface area (Å²) in [4.78, 5) is 22.4. The van der Waals surface area contributed by atoms with E-state index in [-0.39, 0.29) is 24.5 Å². The molecule has 0 radical (unpaired) electrons. The van der Waals surface area contributed by atoms with Crippen molar-refractivity contribution in [2.45, 2.75) is 32.7 Å². The zero-order chi connectivity index (χ0) is 11.7. The molecule has 0 aromatic rings. The SMILES string of the molecule is CCCC(NCC(=O)NC)C(=O)OCC. The second-order valence-corrected chi connectivity index (χ2v) is 3.15. The van der Waals surface area contributed by atoms with Crippen LogP contribution in [0.4, 0.5) is 0 Å². The lowest BCUT2D eigenvalue weighted by Gasteiger charge is -2.15. The zero-order valence-corrected chi connectivity index (χ0v) is 9.63. The second kappa shape index (κ2) is 8.23. The van der Waals surface area contributed by atoms with Crippen molar-refractivity contribution in [1.29, 1.82) is 0 Å². The number of carbonyl (C=O) groups excluding carboxylic acids is 2. The molecule has 0 spiro atoms. The summed E-state index contributed by atoms with van der Waals surface area (Å²) in [6, 6.07) is -0.382. The molecule has 0 heterocycles. The minimum atomic E-state index is -0.382. The van der Waals surface area contributed by atoms with E-state index in [1.54, 1.807) is 14.0 Å². The van der Waals surface area contributed by atoms with Crippen molar-refractivity contribution >= 4 is 11.9 Å². The molecule has 0 aromatic carbocycles. The summed E-state index contributed by atoms with van der Waals surface area (Å²) in [5.74, 6) is -0.427. The van der Waals surface area contributed by atoms with Crippen LogP contribution in [0.3, 0.4) is 0 Å². The molecule has 5 nitrogen and oxygen atoms in total. The van der Waals surface area contributed by atoms with Crippen LogP contribution in [0.25, 0.3) is 0 Å². The minimum absolute atomic E-state index is 0.139. The van der Waals surface area contributed by atoms with Crippen molar-refractivity contribution in [3.63, 3.8) is 0 Å². The van der Waals surface area contributed by atoms with Gasteiger partial charge in [0.2, 0.25) is 5.91 Å². The minimum Gasteiger partial charge on any atom is -0.465 e. The van der Waals surface area contributed by atoms with Gasteiger partial charge in [-0.1, -0.05) is 13.3 Å². The van der Waals surface area contributed by atoms with E-state index in [1.165, 1.54) is 0 Å². The molecule has 0 saturated heterocycles. The van der Waals surface area contributed by atoms with Crippen molar-refractivity contribution in [2.24, 2.45) is 0 Å². The number of carbonyl (C=O) groups is 2. The number of esters is 1. The maximum absolute atomic E-state index is 11.4. The molecule has 5 heteroatoms. The number of hydrogen-bond acceptors (Lipinski definition) is 4. The average molecular weight is 216 g/mol. The molecular weight excluding hydrogens is 196 g/mol. The Labute approximate surface area is 90.6 Å². The summed E-state index contributed by atoms with van der Waals surface area (Å²) < 4.78 is 4.89. The fourth-order valence-electron chi connectivity index (χ4n) is 1.14. The molecule has 2 N–H and O–H groups in total. The van der Waals surface area contributed by atoms with Gasteiger partial charge in [-0.3, -0.25) is 14.9 Å². The Morgan fingerprint density at radius 3 is 2.47 bits per heavy atom. The lowest BCUT2D eigenvalue weighted by molar-refractivity contribution is -0.145. The highest BCUT2D eigenvalue weighted by molar-refractivity contribution is 5.80. The fraction of sp³-hybridized carbons (Fsp3) is 0.800. The van der Waals surface area contributed by atoms with E-state index in [4.69, 9.17) is 4.74 Å². The van der Waals surface area contributed by atoms with Crippen LogP contribution in [0.2, 0.25) is 0 Å². The third kappa shape index (κ3) is 6.06. The van der Waals surface area contributed by atoms with E-state index in [1.807, 2.05) is 6.92 Å². The van der Waals surface area contributed by atoms with E-state index in [0.29, 0.717) is 13.0 Å². The first-order valence-electron chi connectivity index (χ1n) is 5.26. The standard InChI is InChI=1S/C10H20N2O3/c1-4-6-8(10(14)15-5-2)12-7-9(13)11-3/h8,12H,4-7H2,1-3H3,(H,11,13). The third-order valence-corrected chi connectivity index (χ3v) is 1.94. The summed E-state index contributed by atoms with van der Waals surface area (Å²) >= 11 is 0. The van der Waals surface area contributed by atoms with Crippen LogP contribution in [-0.2, 0) is 14.3 Å². The molecule has 1 amide bonds. The summed E-state index contributed by atoms with van der Waals surface area (Å²) in [6.07, 6.45) is 1.54. The van der Waals surface area contributed by atoms with Crippen molar-refractivity contribution in [1.82, 2.24) is 10.6 Å². The molecule has 0 fully saturated rings. The van der Waals surface area contributed by atoms with Gasteiger partial charge in [0.05, 0.1) is 13.2 Å². The van der Waals surface area contributed by atoms with Gasteiger partial charge in [0.1, 0.15) is 6.04 Å². The number of ether oxygens (including phenoxy) is 1. The lowest BCUT2D eigenvalue weighted by Crippen LogP contribution is -2.43. The van der Waals surface area contributed by atoms with Crippen molar-refractivity contribution in [2.75, 3.05) is 20.2 Å². The highest BCUT2D eigenvalue weighted by atomic mass is 16.5. The molecule has 0 aliphatic heterocycles. The molecule has 0 aliphatic carbocycles. The Bertz CT molecular complexity index is 207. The van der Waals surface area contributed by atoms with E-state index >= 15 is 0 Å². The molecule has 0 saturated carbocycles. The van der Waals surface area contributed by atoms with E-state index in [0.717, 1.165) is 6.42 Å². The quantitative estimate of drug-likeness (QED) is 0.590. The smallest absolute Gasteiger partial charge is 0.323 e. The van der Waals surface area contributed by atoms with Crippen LogP contribution in [0, 0.1) is 0 Å². The van der Waals surface area contributed by atoms with Gasteiger partial charge < -0.3 is 10.1 Å². The Morgan fingerprint density at radius 1 is 1.33 bits per heavy atom. The predicted octanol–water partition coefficient (Wildman–Crippen LogP) is 0.0538. The molecule has 1 atom stereocenters. The van der Waals surface area contributed by atoms with Gasteiger partial charge in [0.25, 0.3) is 0 Å². The zero-order valence-electron chi connectivity index (χ0n) is 9.63. The van der Waals surface area contributed by atoms with Crippen molar-refractivity contribution < 1.29 is 14.3 Å². The molecule has 0 bridgehead atoms. The predicted molar refractivity (Wildman–Crippen MR) is 57.4 cm³/mol. The number of rotatable bonds is 7. The monoisotopic (exact) mass is 216 g/mol. The number of amides is 1. The molecule has 15 heavy (non-hydrogen) atoms. The number of likely N-dealkylation sites (N-methyl/N-ethyl adjacent to an activating group) is 1. The lowest BCUT2D eigenvalue weighted by atomic mass is 10.1. The van der Waals surface area contributed by atoms with E-state index in [2.05, 4.69) is 10.6 Å². The van der Waals surface area contributed by atoms with Crippen LogP contribution in [0.1, 0.15) is 26.7 Å². The molecule has 0 aromatic heterocycles.